The molecule has 1 N–H and O–H groups in total. The lowest BCUT2D eigenvalue weighted by Gasteiger charge is -2.22. The molecule has 0 bridgehead atoms. The summed E-state index contributed by atoms with van der Waals surface area (Å²) < 4.78 is 25.1. The summed E-state index contributed by atoms with van der Waals surface area (Å²) in [4.78, 5) is 0. The van der Waals surface area contributed by atoms with E-state index in [1.54, 1.807) is 0 Å². The Hall–Kier alpha value is -0.880. The lowest BCUT2D eigenvalue weighted by atomic mass is 9.94. The van der Waals surface area contributed by atoms with Gasteiger partial charge in [0.2, 0.25) is 0 Å². The number of hydrogen-bond acceptors (Lipinski definition) is 4. The van der Waals surface area contributed by atoms with E-state index in [0.29, 0.717) is 11.5 Å². The highest BCUT2D eigenvalue weighted by Gasteiger charge is 2.33. The molecule has 0 saturated carbocycles. The van der Waals surface area contributed by atoms with Gasteiger partial charge in [0.15, 0.2) is 9.84 Å². The summed E-state index contributed by atoms with van der Waals surface area (Å²) in [7, 11) is -2.81. The second-order valence-corrected chi connectivity index (χ2v) is 7.46. The minimum Gasteiger partial charge on any atom is -0.314 e. The fourth-order valence-corrected chi connectivity index (χ4v) is 4.63. The van der Waals surface area contributed by atoms with Gasteiger partial charge in [-0.15, -0.1) is 0 Å². The quantitative estimate of drug-likeness (QED) is 0.842. The van der Waals surface area contributed by atoms with Crippen molar-refractivity contribution in [3.05, 3.63) is 18.0 Å². The van der Waals surface area contributed by atoms with Crippen LogP contribution in [0.4, 0.5) is 0 Å². The minimum atomic E-state index is -2.81. The standard InChI is InChI=1S/C13H23N3O2S/c1-3-14-13(12-5-6-19(17,18)10-12)7-11-8-15-16(4-2)9-11/h8-9,12-14H,3-7,10H2,1-2H3. The van der Waals surface area contributed by atoms with E-state index in [9.17, 15) is 8.42 Å². The highest BCUT2D eigenvalue weighted by atomic mass is 32.2. The second kappa shape index (κ2) is 6.05. The molecule has 1 saturated heterocycles. The Morgan fingerprint density at radius 1 is 1.53 bits per heavy atom. The Morgan fingerprint density at radius 3 is 2.84 bits per heavy atom. The number of rotatable bonds is 6. The fraction of sp³-hybridized carbons (Fsp3) is 0.769. The number of nitrogens with one attached hydrogen (secondary N) is 1. The van der Waals surface area contributed by atoms with Crippen molar-refractivity contribution in [1.29, 1.82) is 0 Å². The lowest BCUT2D eigenvalue weighted by molar-refractivity contribution is 0.386. The molecular weight excluding hydrogens is 262 g/mol. The molecule has 5 nitrogen and oxygen atoms in total. The molecule has 0 radical (unpaired) electrons. The topological polar surface area (TPSA) is 64.0 Å². The molecule has 1 aromatic rings. The SMILES string of the molecule is CCNC(Cc1cnn(CC)c1)C1CCS(=O)(=O)C1. The van der Waals surface area contributed by atoms with Crippen molar-refractivity contribution in [3.63, 3.8) is 0 Å². The van der Waals surface area contributed by atoms with Gasteiger partial charge in [-0.3, -0.25) is 4.68 Å². The zero-order chi connectivity index (χ0) is 13.9. The first-order valence-corrected chi connectivity index (χ1v) is 8.81. The Balaban J connectivity index is 2.03. The van der Waals surface area contributed by atoms with Crippen molar-refractivity contribution in [2.24, 2.45) is 5.92 Å². The van der Waals surface area contributed by atoms with E-state index >= 15 is 0 Å². The molecule has 108 valence electrons. The molecule has 1 aromatic heterocycles. The van der Waals surface area contributed by atoms with Crippen LogP contribution in [0.3, 0.4) is 0 Å². The van der Waals surface area contributed by atoms with Crippen LogP contribution in [0, 0.1) is 5.92 Å². The summed E-state index contributed by atoms with van der Waals surface area (Å²) in [6.07, 6.45) is 5.57. The average molecular weight is 285 g/mol. The van der Waals surface area contributed by atoms with Crippen LogP contribution in [0.15, 0.2) is 12.4 Å². The second-order valence-electron chi connectivity index (χ2n) is 5.24. The number of sulfone groups is 1. The predicted molar refractivity (Wildman–Crippen MR) is 75.8 cm³/mol. The van der Waals surface area contributed by atoms with Gasteiger partial charge in [0.05, 0.1) is 17.7 Å². The summed E-state index contributed by atoms with van der Waals surface area (Å²) in [6.45, 7) is 5.85. The van der Waals surface area contributed by atoms with Gasteiger partial charge < -0.3 is 5.32 Å². The van der Waals surface area contributed by atoms with E-state index in [1.165, 1.54) is 5.56 Å². The number of aryl methyl sites for hydroxylation is 1. The van der Waals surface area contributed by atoms with Crippen molar-refractivity contribution in [2.45, 2.75) is 39.3 Å². The van der Waals surface area contributed by atoms with Crippen molar-refractivity contribution in [1.82, 2.24) is 15.1 Å². The molecule has 0 amide bonds. The zero-order valence-electron chi connectivity index (χ0n) is 11.7. The third-order valence-corrected chi connectivity index (χ3v) is 5.56. The summed E-state index contributed by atoms with van der Waals surface area (Å²) >= 11 is 0. The lowest BCUT2D eigenvalue weighted by Crippen LogP contribution is -2.38. The molecule has 2 atom stereocenters. The highest BCUT2D eigenvalue weighted by molar-refractivity contribution is 7.91. The van der Waals surface area contributed by atoms with Gasteiger partial charge in [0.25, 0.3) is 0 Å². The molecule has 2 heterocycles. The third kappa shape index (κ3) is 3.79. The van der Waals surface area contributed by atoms with E-state index in [-0.39, 0.29) is 12.0 Å². The minimum absolute atomic E-state index is 0.231. The maximum absolute atomic E-state index is 11.6. The monoisotopic (exact) mass is 285 g/mol. The first-order valence-electron chi connectivity index (χ1n) is 6.99. The van der Waals surface area contributed by atoms with Crippen LogP contribution in [-0.2, 0) is 22.8 Å². The normalized spacial score (nSPS) is 23.6. The Bertz CT molecular complexity index is 510. The van der Waals surface area contributed by atoms with Crippen molar-refractivity contribution >= 4 is 9.84 Å². The molecule has 0 aliphatic carbocycles. The van der Waals surface area contributed by atoms with Crippen molar-refractivity contribution < 1.29 is 8.42 Å². The maximum atomic E-state index is 11.6. The molecule has 0 spiro atoms. The maximum Gasteiger partial charge on any atom is 0.150 e. The van der Waals surface area contributed by atoms with Gasteiger partial charge in [-0.05, 0) is 37.8 Å². The summed E-state index contributed by atoms with van der Waals surface area (Å²) in [5.74, 6) is 0.898. The molecule has 1 aliphatic rings. The van der Waals surface area contributed by atoms with Crippen LogP contribution in [0.25, 0.3) is 0 Å². The number of nitrogens with zero attached hydrogens (tertiary/aromatic N) is 2. The smallest absolute Gasteiger partial charge is 0.150 e. The van der Waals surface area contributed by atoms with Crippen LogP contribution in [0.1, 0.15) is 25.8 Å². The van der Waals surface area contributed by atoms with Crippen LogP contribution < -0.4 is 5.32 Å². The molecule has 19 heavy (non-hydrogen) atoms. The third-order valence-electron chi connectivity index (χ3n) is 3.77. The van der Waals surface area contributed by atoms with Crippen molar-refractivity contribution in [2.75, 3.05) is 18.1 Å². The first-order chi connectivity index (χ1) is 9.04. The van der Waals surface area contributed by atoms with Crippen LogP contribution in [0.2, 0.25) is 0 Å². The van der Waals surface area contributed by atoms with Crippen LogP contribution >= 0.6 is 0 Å². The summed E-state index contributed by atoms with van der Waals surface area (Å²) in [5, 5.41) is 7.71. The highest BCUT2D eigenvalue weighted by Crippen LogP contribution is 2.24. The molecule has 1 aliphatic heterocycles. The molecule has 0 aromatic carbocycles. The van der Waals surface area contributed by atoms with Crippen LogP contribution in [0.5, 0.6) is 0 Å². The Labute approximate surface area is 115 Å². The summed E-state index contributed by atoms with van der Waals surface area (Å²) in [5.41, 5.74) is 1.18. The van der Waals surface area contributed by atoms with E-state index in [4.69, 9.17) is 0 Å². The van der Waals surface area contributed by atoms with E-state index in [1.807, 2.05) is 17.1 Å². The molecule has 2 rings (SSSR count). The van der Waals surface area contributed by atoms with Gasteiger partial charge in [0, 0.05) is 18.8 Å². The predicted octanol–water partition coefficient (Wildman–Crippen LogP) is 0.858. The summed E-state index contributed by atoms with van der Waals surface area (Å²) in [6, 6.07) is 0.233. The van der Waals surface area contributed by atoms with Gasteiger partial charge in [-0.2, -0.15) is 5.10 Å². The number of likely N-dealkylation sites (N-methyl/N-ethyl adjacent to an activating group) is 1. The largest absolute Gasteiger partial charge is 0.314 e. The zero-order valence-corrected chi connectivity index (χ0v) is 12.5. The van der Waals surface area contributed by atoms with Gasteiger partial charge >= 0.3 is 0 Å². The molecule has 2 unspecified atom stereocenters. The first kappa shape index (κ1) is 14.5. The number of hydrogen-bond donors (Lipinski definition) is 1. The van der Waals surface area contributed by atoms with E-state index in [0.717, 1.165) is 25.9 Å². The molecule has 6 heteroatoms. The van der Waals surface area contributed by atoms with Crippen molar-refractivity contribution in [3.8, 4) is 0 Å². The molecular formula is C13H23N3O2S. The van der Waals surface area contributed by atoms with Gasteiger partial charge in [-0.1, -0.05) is 6.92 Å². The fourth-order valence-electron chi connectivity index (χ4n) is 2.75. The average Bonchev–Trinajstić information content (AvgIpc) is 2.95. The van der Waals surface area contributed by atoms with E-state index < -0.39 is 9.84 Å². The van der Waals surface area contributed by atoms with Gasteiger partial charge in [-0.25, -0.2) is 8.42 Å². The van der Waals surface area contributed by atoms with Crippen LogP contribution in [-0.4, -0.2) is 42.3 Å². The van der Waals surface area contributed by atoms with E-state index in [2.05, 4.69) is 24.3 Å². The number of aromatic nitrogens is 2. The molecule has 1 fully saturated rings. The Morgan fingerprint density at radius 2 is 2.32 bits per heavy atom. The Kier molecular flexibility index (Phi) is 4.62. The van der Waals surface area contributed by atoms with Gasteiger partial charge in [0.1, 0.15) is 0 Å².